The van der Waals surface area contributed by atoms with E-state index >= 15 is 0 Å². The number of hydrogen-bond donors (Lipinski definition) is 0. The molecule has 1 atom stereocenters. The van der Waals surface area contributed by atoms with Crippen molar-refractivity contribution in [3.05, 3.63) is 17.7 Å². The lowest BCUT2D eigenvalue weighted by Gasteiger charge is -2.36. The zero-order valence-corrected chi connectivity index (χ0v) is 15.8. The Kier molecular flexibility index (Phi) is 6.21. The van der Waals surface area contributed by atoms with E-state index in [-0.39, 0.29) is 12.0 Å². The van der Waals surface area contributed by atoms with E-state index in [1.807, 2.05) is 17.0 Å². The van der Waals surface area contributed by atoms with E-state index in [4.69, 9.17) is 18.9 Å². The molecule has 0 saturated carbocycles. The van der Waals surface area contributed by atoms with Crippen LogP contribution in [0.1, 0.15) is 18.4 Å². The van der Waals surface area contributed by atoms with E-state index in [9.17, 15) is 4.79 Å². The van der Waals surface area contributed by atoms with Gasteiger partial charge in [0.15, 0.2) is 11.5 Å². The van der Waals surface area contributed by atoms with E-state index in [0.29, 0.717) is 23.9 Å². The molecule has 3 rings (SSSR count). The SMILES string of the molecule is COc1ccc(CN2CCN(C(=O)[C@H]3CCCO3)CC2)c(OC)c1OC. The third kappa shape index (κ3) is 3.88. The molecule has 7 nitrogen and oxygen atoms in total. The summed E-state index contributed by atoms with van der Waals surface area (Å²) < 4.78 is 21.9. The summed E-state index contributed by atoms with van der Waals surface area (Å²) in [5, 5.41) is 0. The van der Waals surface area contributed by atoms with Gasteiger partial charge in [0.25, 0.3) is 5.91 Å². The van der Waals surface area contributed by atoms with Crippen LogP contribution in [0.2, 0.25) is 0 Å². The minimum atomic E-state index is -0.229. The van der Waals surface area contributed by atoms with Crippen molar-refractivity contribution in [3.63, 3.8) is 0 Å². The van der Waals surface area contributed by atoms with Crippen LogP contribution in [0, 0.1) is 0 Å². The summed E-state index contributed by atoms with van der Waals surface area (Å²) in [6.45, 7) is 4.56. The fourth-order valence-corrected chi connectivity index (χ4v) is 3.63. The van der Waals surface area contributed by atoms with Crippen molar-refractivity contribution in [2.45, 2.75) is 25.5 Å². The predicted octanol–water partition coefficient (Wildman–Crippen LogP) is 1.54. The first-order chi connectivity index (χ1) is 12.7. The minimum Gasteiger partial charge on any atom is -0.493 e. The largest absolute Gasteiger partial charge is 0.493 e. The quantitative estimate of drug-likeness (QED) is 0.763. The Morgan fingerprint density at radius 3 is 2.38 bits per heavy atom. The lowest BCUT2D eigenvalue weighted by molar-refractivity contribution is -0.142. The highest BCUT2D eigenvalue weighted by Gasteiger charge is 2.30. The van der Waals surface area contributed by atoms with Gasteiger partial charge in [0, 0.05) is 44.9 Å². The first-order valence-electron chi connectivity index (χ1n) is 9.08. The molecule has 2 aliphatic rings. The van der Waals surface area contributed by atoms with E-state index in [1.165, 1.54) is 0 Å². The molecule has 0 unspecified atom stereocenters. The molecule has 2 heterocycles. The first kappa shape index (κ1) is 18.8. The van der Waals surface area contributed by atoms with E-state index in [0.717, 1.165) is 51.1 Å². The molecule has 144 valence electrons. The van der Waals surface area contributed by atoms with Crippen molar-refractivity contribution in [1.82, 2.24) is 9.80 Å². The molecule has 2 aliphatic heterocycles. The summed E-state index contributed by atoms with van der Waals surface area (Å²) >= 11 is 0. The van der Waals surface area contributed by atoms with E-state index < -0.39 is 0 Å². The van der Waals surface area contributed by atoms with Crippen LogP contribution in [-0.4, -0.2) is 75.9 Å². The van der Waals surface area contributed by atoms with Crippen LogP contribution in [0.15, 0.2) is 12.1 Å². The van der Waals surface area contributed by atoms with Crippen molar-refractivity contribution >= 4 is 5.91 Å². The number of carbonyl (C=O) groups is 1. The van der Waals surface area contributed by atoms with Crippen LogP contribution < -0.4 is 14.2 Å². The van der Waals surface area contributed by atoms with Gasteiger partial charge in [0.2, 0.25) is 5.75 Å². The summed E-state index contributed by atoms with van der Waals surface area (Å²) in [6, 6.07) is 3.90. The Hall–Kier alpha value is -1.99. The number of rotatable bonds is 6. The Morgan fingerprint density at radius 2 is 1.81 bits per heavy atom. The predicted molar refractivity (Wildman–Crippen MR) is 96.9 cm³/mol. The van der Waals surface area contributed by atoms with E-state index in [2.05, 4.69) is 4.90 Å². The molecule has 0 N–H and O–H groups in total. The fourth-order valence-electron chi connectivity index (χ4n) is 3.63. The molecule has 1 amide bonds. The average molecular weight is 364 g/mol. The number of hydrogen-bond acceptors (Lipinski definition) is 6. The number of nitrogens with zero attached hydrogens (tertiary/aromatic N) is 2. The molecule has 0 aromatic heterocycles. The maximum absolute atomic E-state index is 12.5. The molecule has 0 spiro atoms. The van der Waals surface area contributed by atoms with Gasteiger partial charge in [-0.3, -0.25) is 9.69 Å². The van der Waals surface area contributed by atoms with Crippen molar-refractivity contribution in [2.75, 3.05) is 54.1 Å². The Balaban J connectivity index is 1.61. The minimum absolute atomic E-state index is 0.144. The average Bonchev–Trinajstić information content (AvgIpc) is 3.22. The lowest BCUT2D eigenvalue weighted by Crippen LogP contribution is -2.51. The normalized spacial score (nSPS) is 20.9. The molecule has 0 bridgehead atoms. The van der Waals surface area contributed by atoms with Crippen molar-refractivity contribution in [1.29, 1.82) is 0 Å². The number of amides is 1. The second-order valence-electron chi connectivity index (χ2n) is 6.60. The van der Waals surface area contributed by atoms with Crippen molar-refractivity contribution in [3.8, 4) is 17.2 Å². The monoisotopic (exact) mass is 364 g/mol. The number of carbonyl (C=O) groups excluding carboxylic acids is 1. The van der Waals surface area contributed by atoms with Crippen LogP contribution in [0.3, 0.4) is 0 Å². The van der Waals surface area contributed by atoms with Crippen molar-refractivity contribution in [2.24, 2.45) is 0 Å². The van der Waals surface area contributed by atoms with Gasteiger partial charge in [-0.05, 0) is 18.9 Å². The molecule has 7 heteroatoms. The summed E-state index contributed by atoms with van der Waals surface area (Å²) in [5.41, 5.74) is 1.05. The zero-order valence-electron chi connectivity index (χ0n) is 15.8. The van der Waals surface area contributed by atoms with Gasteiger partial charge in [-0.15, -0.1) is 0 Å². The highest BCUT2D eigenvalue weighted by molar-refractivity contribution is 5.81. The Bertz CT molecular complexity index is 623. The molecule has 1 aromatic carbocycles. The number of ether oxygens (including phenoxy) is 4. The van der Waals surface area contributed by atoms with Crippen LogP contribution in [-0.2, 0) is 16.1 Å². The van der Waals surface area contributed by atoms with Gasteiger partial charge in [0.05, 0.1) is 21.3 Å². The van der Waals surface area contributed by atoms with Crippen LogP contribution in [0.25, 0.3) is 0 Å². The zero-order chi connectivity index (χ0) is 18.5. The highest BCUT2D eigenvalue weighted by atomic mass is 16.5. The third-order valence-electron chi connectivity index (χ3n) is 5.07. The molecule has 26 heavy (non-hydrogen) atoms. The van der Waals surface area contributed by atoms with Gasteiger partial charge < -0.3 is 23.8 Å². The molecule has 2 saturated heterocycles. The first-order valence-corrected chi connectivity index (χ1v) is 9.08. The number of benzene rings is 1. The van der Waals surface area contributed by atoms with E-state index in [1.54, 1.807) is 21.3 Å². The Labute approximate surface area is 154 Å². The summed E-state index contributed by atoms with van der Waals surface area (Å²) in [4.78, 5) is 16.7. The second-order valence-corrected chi connectivity index (χ2v) is 6.60. The Morgan fingerprint density at radius 1 is 1.08 bits per heavy atom. The van der Waals surface area contributed by atoms with Gasteiger partial charge in [-0.25, -0.2) is 0 Å². The molecule has 1 aromatic rings. The molecule has 0 aliphatic carbocycles. The van der Waals surface area contributed by atoms with Crippen molar-refractivity contribution < 1.29 is 23.7 Å². The number of piperazine rings is 1. The third-order valence-corrected chi connectivity index (χ3v) is 5.07. The number of methoxy groups -OCH3 is 3. The molecular weight excluding hydrogens is 336 g/mol. The van der Waals surface area contributed by atoms with Gasteiger partial charge in [-0.2, -0.15) is 0 Å². The molecule has 0 radical (unpaired) electrons. The maximum atomic E-state index is 12.5. The molecular formula is C19H28N2O5. The van der Waals surface area contributed by atoms with Gasteiger partial charge >= 0.3 is 0 Å². The van der Waals surface area contributed by atoms with Gasteiger partial charge in [-0.1, -0.05) is 6.07 Å². The van der Waals surface area contributed by atoms with Crippen LogP contribution in [0.4, 0.5) is 0 Å². The maximum Gasteiger partial charge on any atom is 0.251 e. The fraction of sp³-hybridized carbons (Fsp3) is 0.632. The van der Waals surface area contributed by atoms with Crippen LogP contribution in [0.5, 0.6) is 17.2 Å². The topological polar surface area (TPSA) is 60.5 Å². The summed E-state index contributed by atoms with van der Waals surface area (Å²) in [6.07, 6.45) is 1.60. The lowest BCUT2D eigenvalue weighted by atomic mass is 10.1. The second kappa shape index (κ2) is 8.60. The smallest absolute Gasteiger partial charge is 0.251 e. The van der Waals surface area contributed by atoms with Gasteiger partial charge in [0.1, 0.15) is 6.10 Å². The summed E-state index contributed by atoms with van der Waals surface area (Å²) in [5.74, 6) is 2.11. The standard InChI is InChI=1S/C19H28N2O5/c1-23-15-7-6-14(17(24-2)18(15)25-3)13-20-8-10-21(11-9-20)19(22)16-5-4-12-26-16/h6-7,16H,4-5,8-13H2,1-3H3/t16-/m1/s1. The highest BCUT2D eigenvalue weighted by Crippen LogP contribution is 2.40. The van der Waals surface area contributed by atoms with Crippen LogP contribution >= 0.6 is 0 Å². The summed E-state index contributed by atoms with van der Waals surface area (Å²) in [7, 11) is 4.86. The molecule has 2 fully saturated rings.